The van der Waals surface area contributed by atoms with Crippen molar-refractivity contribution >= 4 is 5.91 Å². The van der Waals surface area contributed by atoms with Crippen LogP contribution < -0.4 is 5.32 Å². The van der Waals surface area contributed by atoms with Crippen LogP contribution in [0.15, 0.2) is 30.3 Å². The third kappa shape index (κ3) is 3.21. The van der Waals surface area contributed by atoms with Crippen LogP contribution >= 0.6 is 0 Å². The largest absolute Gasteiger partial charge is 0.341 e. The van der Waals surface area contributed by atoms with Crippen LogP contribution in [0.3, 0.4) is 0 Å². The normalized spacial score (nSPS) is 26.7. The van der Waals surface area contributed by atoms with Crippen molar-refractivity contribution in [2.75, 3.05) is 19.6 Å². The van der Waals surface area contributed by atoms with Crippen molar-refractivity contribution in [1.82, 2.24) is 10.2 Å². The second kappa shape index (κ2) is 6.40. The molecule has 0 bridgehead atoms. The van der Waals surface area contributed by atoms with E-state index in [4.69, 9.17) is 0 Å². The van der Waals surface area contributed by atoms with Crippen molar-refractivity contribution in [1.29, 1.82) is 0 Å². The Hall–Kier alpha value is -1.35. The molecule has 0 saturated carbocycles. The molecule has 2 saturated heterocycles. The molecule has 1 amide bonds. The Balaban J connectivity index is 1.52. The fourth-order valence-electron chi connectivity index (χ4n) is 3.43. The molecule has 20 heavy (non-hydrogen) atoms. The van der Waals surface area contributed by atoms with Gasteiger partial charge in [-0.25, -0.2) is 0 Å². The average molecular weight is 272 g/mol. The van der Waals surface area contributed by atoms with E-state index < -0.39 is 0 Å². The van der Waals surface area contributed by atoms with Gasteiger partial charge in [0, 0.05) is 13.1 Å². The summed E-state index contributed by atoms with van der Waals surface area (Å²) in [5, 5.41) is 3.37. The Kier molecular flexibility index (Phi) is 4.36. The summed E-state index contributed by atoms with van der Waals surface area (Å²) < 4.78 is 0. The van der Waals surface area contributed by atoms with E-state index >= 15 is 0 Å². The number of carbonyl (C=O) groups is 1. The molecule has 0 aliphatic carbocycles. The van der Waals surface area contributed by atoms with Gasteiger partial charge in [0.1, 0.15) is 0 Å². The van der Waals surface area contributed by atoms with Gasteiger partial charge in [-0.15, -0.1) is 0 Å². The number of benzene rings is 1. The zero-order valence-corrected chi connectivity index (χ0v) is 12.1. The van der Waals surface area contributed by atoms with Gasteiger partial charge >= 0.3 is 0 Å². The molecular weight excluding hydrogens is 248 g/mol. The van der Waals surface area contributed by atoms with Crippen LogP contribution in [0.1, 0.15) is 31.2 Å². The Bertz CT molecular complexity index is 440. The van der Waals surface area contributed by atoms with Crippen molar-refractivity contribution in [2.24, 2.45) is 5.92 Å². The lowest BCUT2D eigenvalue weighted by Crippen LogP contribution is -2.47. The van der Waals surface area contributed by atoms with Crippen LogP contribution in [0.4, 0.5) is 0 Å². The van der Waals surface area contributed by atoms with Gasteiger partial charge in [0.15, 0.2) is 0 Å². The molecular formula is C17H24N2O. The van der Waals surface area contributed by atoms with Crippen LogP contribution in [-0.2, 0) is 11.2 Å². The highest BCUT2D eigenvalue weighted by Gasteiger charge is 2.31. The summed E-state index contributed by atoms with van der Waals surface area (Å²) in [5.41, 5.74) is 1.39. The van der Waals surface area contributed by atoms with E-state index in [9.17, 15) is 4.79 Å². The molecule has 2 aliphatic heterocycles. The fraction of sp³-hybridized carbons (Fsp3) is 0.588. The highest BCUT2D eigenvalue weighted by atomic mass is 16.2. The molecule has 2 heterocycles. The smallest absolute Gasteiger partial charge is 0.239 e. The van der Waals surface area contributed by atoms with Gasteiger partial charge in [0.2, 0.25) is 5.91 Å². The predicted molar refractivity (Wildman–Crippen MR) is 80.5 cm³/mol. The monoisotopic (exact) mass is 272 g/mol. The summed E-state index contributed by atoms with van der Waals surface area (Å²) in [6.45, 7) is 2.87. The Morgan fingerprint density at radius 2 is 2.05 bits per heavy atom. The van der Waals surface area contributed by atoms with Gasteiger partial charge in [0.25, 0.3) is 0 Å². The average Bonchev–Trinajstić information content (AvgIpc) is 2.97. The minimum absolute atomic E-state index is 0.0826. The lowest BCUT2D eigenvalue weighted by Gasteiger charge is -2.27. The maximum atomic E-state index is 12.5. The van der Waals surface area contributed by atoms with Crippen LogP contribution in [0.25, 0.3) is 0 Å². The molecule has 1 N–H and O–H groups in total. The number of piperidine rings is 1. The Morgan fingerprint density at radius 1 is 1.20 bits per heavy atom. The molecule has 2 aliphatic rings. The lowest BCUT2D eigenvalue weighted by atomic mass is 9.99. The number of hydrogen-bond acceptors (Lipinski definition) is 2. The van der Waals surface area contributed by atoms with Gasteiger partial charge in [-0.3, -0.25) is 4.79 Å². The van der Waals surface area contributed by atoms with Gasteiger partial charge in [-0.05, 0) is 43.7 Å². The molecule has 3 heteroatoms. The van der Waals surface area contributed by atoms with E-state index in [0.29, 0.717) is 11.8 Å². The van der Waals surface area contributed by atoms with E-state index in [2.05, 4.69) is 40.5 Å². The maximum Gasteiger partial charge on any atom is 0.239 e. The van der Waals surface area contributed by atoms with Gasteiger partial charge in [0.05, 0.1) is 6.04 Å². The third-order valence-corrected chi connectivity index (χ3v) is 4.57. The molecule has 0 radical (unpaired) electrons. The van der Waals surface area contributed by atoms with E-state index in [0.717, 1.165) is 38.9 Å². The van der Waals surface area contributed by atoms with Gasteiger partial charge in [-0.2, -0.15) is 0 Å². The molecule has 108 valence electrons. The van der Waals surface area contributed by atoms with Gasteiger partial charge < -0.3 is 10.2 Å². The number of amides is 1. The molecule has 0 spiro atoms. The van der Waals surface area contributed by atoms with Gasteiger partial charge in [-0.1, -0.05) is 36.8 Å². The van der Waals surface area contributed by atoms with Crippen LogP contribution in [-0.4, -0.2) is 36.5 Å². The number of hydrogen-bond donors (Lipinski definition) is 1. The van der Waals surface area contributed by atoms with Crippen LogP contribution in [0.2, 0.25) is 0 Å². The van der Waals surface area contributed by atoms with Crippen molar-refractivity contribution in [3.05, 3.63) is 35.9 Å². The maximum absolute atomic E-state index is 12.5. The lowest BCUT2D eigenvalue weighted by molar-refractivity contribution is -0.133. The zero-order chi connectivity index (χ0) is 13.8. The summed E-state index contributed by atoms with van der Waals surface area (Å²) in [7, 11) is 0. The van der Waals surface area contributed by atoms with Crippen molar-refractivity contribution in [3.63, 3.8) is 0 Å². The summed E-state index contributed by atoms with van der Waals surface area (Å²) in [5.74, 6) is 0.963. The molecule has 0 aromatic heterocycles. The minimum atomic E-state index is 0.0826. The molecule has 2 unspecified atom stereocenters. The first-order chi connectivity index (χ1) is 9.83. The highest BCUT2D eigenvalue weighted by molar-refractivity contribution is 5.82. The molecule has 2 atom stereocenters. The van der Waals surface area contributed by atoms with Crippen molar-refractivity contribution < 1.29 is 4.79 Å². The van der Waals surface area contributed by atoms with Crippen molar-refractivity contribution in [2.45, 2.75) is 38.1 Å². The zero-order valence-electron chi connectivity index (χ0n) is 12.1. The summed E-state index contributed by atoms with van der Waals surface area (Å²) in [6, 6.07) is 10.7. The van der Waals surface area contributed by atoms with E-state index in [-0.39, 0.29) is 6.04 Å². The first kappa shape index (κ1) is 13.6. The number of carbonyl (C=O) groups excluding carboxylic acids is 1. The van der Waals surface area contributed by atoms with Crippen LogP contribution in [0, 0.1) is 5.92 Å². The number of nitrogens with one attached hydrogen (secondary N) is 1. The van der Waals surface area contributed by atoms with E-state index in [1.165, 1.54) is 18.4 Å². The van der Waals surface area contributed by atoms with Crippen molar-refractivity contribution in [3.8, 4) is 0 Å². The van der Waals surface area contributed by atoms with E-state index in [1.54, 1.807) is 0 Å². The third-order valence-electron chi connectivity index (χ3n) is 4.57. The minimum Gasteiger partial charge on any atom is -0.341 e. The molecule has 2 fully saturated rings. The predicted octanol–water partition coefficient (Wildman–Crippen LogP) is 2.22. The quantitative estimate of drug-likeness (QED) is 0.915. The number of nitrogens with zero attached hydrogens (tertiary/aromatic N) is 1. The molecule has 3 nitrogen and oxygen atoms in total. The number of rotatable bonds is 3. The molecule has 1 aromatic rings. The summed E-state index contributed by atoms with van der Waals surface area (Å²) >= 11 is 0. The Labute approximate surface area is 121 Å². The topological polar surface area (TPSA) is 32.3 Å². The summed E-state index contributed by atoms with van der Waals surface area (Å²) in [6.07, 6.45) is 5.65. The fourth-order valence-corrected chi connectivity index (χ4v) is 3.43. The van der Waals surface area contributed by atoms with Crippen LogP contribution in [0.5, 0.6) is 0 Å². The standard InChI is InChI=1S/C17H24N2O/c20-17(16-8-4-5-10-18-16)19-11-9-15(13-19)12-14-6-2-1-3-7-14/h1-3,6-7,15-16,18H,4-5,8-13H2. The molecule has 1 aromatic carbocycles. The highest BCUT2D eigenvalue weighted by Crippen LogP contribution is 2.22. The number of likely N-dealkylation sites (tertiary alicyclic amines) is 1. The van der Waals surface area contributed by atoms with E-state index in [1.807, 2.05) is 0 Å². The SMILES string of the molecule is O=C(C1CCCCN1)N1CCC(Cc2ccccc2)C1. The first-order valence-corrected chi connectivity index (χ1v) is 7.89. The summed E-state index contributed by atoms with van der Waals surface area (Å²) in [4.78, 5) is 14.5. The first-order valence-electron chi connectivity index (χ1n) is 7.89. The second-order valence-electron chi connectivity index (χ2n) is 6.13. The second-order valence-corrected chi connectivity index (χ2v) is 6.13. The molecule has 3 rings (SSSR count). The Morgan fingerprint density at radius 3 is 2.80 bits per heavy atom.